The molecule has 0 atom stereocenters. The summed E-state index contributed by atoms with van der Waals surface area (Å²) in [6.07, 6.45) is 1.70. The molecule has 4 nitrogen and oxygen atoms in total. The Kier molecular flexibility index (Phi) is 7.61. The molecule has 0 unspecified atom stereocenters. The van der Waals surface area contributed by atoms with Gasteiger partial charge in [0.25, 0.3) is 5.91 Å². The van der Waals surface area contributed by atoms with Gasteiger partial charge in [-0.2, -0.15) is 0 Å². The van der Waals surface area contributed by atoms with Gasteiger partial charge in [-0.1, -0.05) is 29.8 Å². The van der Waals surface area contributed by atoms with Gasteiger partial charge in [0.15, 0.2) is 6.61 Å². The highest BCUT2D eigenvalue weighted by atomic mass is 35.5. The van der Waals surface area contributed by atoms with E-state index in [9.17, 15) is 4.79 Å². The summed E-state index contributed by atoms with van der Waals surface area (Å²) in [7, 11) is 0. The van der Waals surface area contributed by atoms with Crippen LogP contribution in [0.4, 0.5) is 0 Å². The first-order valence-electron chi connectivity index (χ1n) is 8.46. The number of hydrogen-bond donors (Lipinski definition) is 1. The van der Waals surface area contributed by atoms with Gasteiger partial charge in [-0.3, -0.25) is 4.79 Å². The number of para-hydroxylation sites is 1. The maximum absolute atomic E-state index is 11.9. The number of aryl methyl sites for hydroxylation is 2. The first kappa shape index (κ1) is 19.1. The van der Waals surface area contributed by atoms with Crippen molar-refractivity contribution in [3.05, 3.63) is 58.6 Å². The highest BCUT2D eigenvalue weighted by Crippen LogP contribution is 2.21. The van der Waals surface area contributed by atoms with Crippen LogP contribution in [0, 0.1) is 6.92 Å². The molecule has 0 fully saturated rings. The maximum Gasteiger partial charge on any atom is 0.257 e. The average Bonchev–Trinajstić information content (AvgIpc) is 2.61. The summed E-state index contributed by atoms with van der Waals surface area (Å²) in [6.45, 7) is 5.11. The molecular weight excluding hydrogens is 338 g/mol. The summed E-state index contributed by atoms with van der Waals surface area (Å²) in [5.74, 6) is 1.42. The summed E-state index contributed by atoms with van der Waals surface area (Å²) < 4.78 is 11.1. The minimum absolute atomic E-state index is 0.00337. The number of benzene rings is 2. The number of ether oxygens (including phenoxy) is 2. The summed E-state index contributed by atoms with van der Waals surface area (Å²) in [6, 6.07) is 13.3. The monoisotopic (exact) mass is 361 g/mol. The number of amides is 1. The van der Waals surface area contributed by atoms with Gasteiger partial charge in [0.2, 0.25) is 0 Å². The molecule has 1 amide bonds. The van der Waals surface area contributed by atoms with Crippen molar-refractivity contribution >= 4 is 17.5 Å². The Labute approximate surface area is 154 Å². The quantitative estimate of drug-likeness (QED) is 0.682. The Bertz CT molecular complexity index is 703. The van der Waals surface area contributed by atoms with Crippen LogP contribution >= 0.6 is 11.6 Å². The summed E-state index contributed by atoms with van der Waals surface area (Å²) in [4.78, 5) is 11.9. The fourth-order valence-corrected chi connectivity index (χ4v) is 2.54. The van der Waals surface area contributed by atoms with E-state index in [1.165, 1.54) is 0 Å². The molecule has 0 bridgehead atoms. The molecule has 134 valence electrons. The van der Waals surface area contributed by atoms with Crippen LogP contribution in [0.25, 0.3) is 0 Å². The molecule has 1 N–H and O–H groups in total. The molecule has 5 heteroatoms. The number of carbonyl (C=O) groups is 1. The van der Waals surface area contributed by atoms with Crippen molar-refractivity contribution in [2.75, 3.05) is 19.8 Å². The van der Waals surface area contributed by atoms with E-state index in [1.54, 1.807) is 12.1 Å². The topological polar surface area (TPSA) is 47.6 Å². The second-order valence-electron chi connectivity index (χ2n) is 5.69. The molecule has 0 saturated heterocycles. The van der Waals surface area contributed by atoms with Crippen LogP contribution in [0.3, 0.4) is 0 Å². The van der Waals surface area contributed by atoms with Crippen LogP contribution in [0.2, 0.25) is 5.02 Å². The molecule has 0 heterocycles. The van der Waals surface area contributed by atoms with Crippen molar-refractivity contribution in [3.63, 3.8) is 0 Å². The maximum atomic E-state index is 11.9. The van der Waals surface area contributed by atoms with Gasteiger partial charge in [0.1, 0.15) is 11.5 Å². The Morgan fingerprint density at radius 3 is 2.72 bits per heavy atom. The highest BCUT2D eigenvalue weighted by Gasteiger charge is 2.05. The van der Waals surface area contributed by atoms with Gasteiger partial charge >= 0.3 is 0 Å². The lowest BCUT2D eigenvalue weighted by Crippen LogP contribution is -2.29. The second kappa shape index (κ2) is 9.94. The minimum atomic E-state index is -0.134. The van der Waals surface area contributed by atoms with Gasteiger partial charge < -0.3 is 14.8 Å². The first-order chi connectivity index (χ1) is 12.1. The fourth-order valence-electron chi connectivity index (χ4n) is 2.42. The molecule has 0 aliphatic heterocycles. The molecular formula is C20H24ClNO3. The van der Waals surface area contributed by atoms with E-state index in [-0.39, 0.29) is 12.5 Å². The van der Waals surface area contributed by atoms with Crippen molar-refractivity contribution in [2.24, 2.45) is 0 Å². The van der Waals surface area contributed by atoms with Crippen molar-refractivity contribution in [1.29, 1.82) is 0 Å². The first-order valence-corrected chi connectivity index (χ1v) is 8.84. The van der Waals surface area contributed by atoms with Crippen molar-refractivity contribution in [2.45, 2.75) is 26.7 Å². The Morgan fingerprint density at radius 1 is 1.16 bits per heavy atom. The number of nitrogens with one attached hydrogen (secondary N) is 1. The van der Waals surface area contributed by atoms with Gasteiger partial charge in [-0.25, -0.2) is 0 Å². The smallest absolute Gasteiger partial charge is 0.257 e. The van der Waals surface area contributed by atoms with Gasteiger partial charge in [0.05, 0.1) is 6.61 Å². The summed E-state index contributed by atoms with van der Waals surface area (Å²) in [5.41, 5.74) is 2.08. The molecule has 0 saturated carbocycles. The van der Waals surface area contributed by atoms with Gasteiger partial charge in [0, 0.05) is 11.6 Å². The van der Waals surface area contributed by atoms with Crippen LogP contribution in [-0.4, -0.2) is 25.7 Å². The van der Waals surface area contributed by atoms with E-state index in [0.717, 1.165) is 29.7 Å². The summed E-state index contributed by atoms with van der Waals surface area (Å²) in [5, 5.41) is 3.55. The predicted molar refractivity (Wildman–Crippen MR) is 101 cm³/mol. The minimum Gasteiger partial charge on any atom is -0.494 e. The lowest BCUT2D eigenvalue weighted by Gasteiger charge is -2.11. The molecule has 2 rings (SSSR count). The zero-order valence-electron chi connectivity index (χ0n) is 14.7. The molecule has 2 aromatic rings. The number of hydrogen-bond acceptors (Lipinski definition) is 3. The Hall–Kier alpha value is -2.20. The van der Waals surface area contributed by atoms with Gasteiger partial charge in [-0.05, 0) is 62.1 Å². The number of carbonyl (C=O) groups excluding carboxylic acids is 1. The zero-order chi connectivity index (χ0) is 18.1. The molecule has 2 aromatic carbocycles. The van der Waals surface area contributed by atoms with Crippen LogP contribution < -0.4 is 14.8 Å². The molecule has 0 aliphatic carbocycles. The Morgan fingerprint density at radius 2 is 1.96 bits per heavy atom. The summed E-state index contributed by atoms with van der Waals surface area (Å²) >= 11 is 5.97. The second-order valence-corrected chi connectivity index (χ2v) is 6.10. The van der Waals surface area contributed by atoms with Crippen LogP contribution in [0.1, 0.15) is 24.5 Å². The van der Waals surface area contributed by atoms with Crippen molar-refractivity contribution in [1.82, 2.24) is 5.32 Å². The SMILES string of the molecule is CCOc1ccccc1CCCNC(=O)COc1ccc(Cl)c(C)c1. The van der Waals surface area contributed by atoms with Crippen LogP contribution in [0.5, 0.6) is 11.5 Å². The van der Waals surface area contributed by atoms with Crippen LogP contribution in [0.15, 0.2) is 42.5 Å². The normalized spacial score (nSPS) is 10.4. The van der Waals surface area contributed by atoms with Crippen LogP contribution in [-0.2, 0) is 11.2 Å². The average molecular weight is 362 g/mol. The van der Waals surface area contributed by atoms with E-state index < -0.39 is 0 Å². The van der Waals surface area contributed by atoms with Crippen molar-refractivity contribution < 1.29 is 14.3 Å². The Balaban J connectivity index is 1.69. The molecule has 25 heavy (non-hydrogen) atoms. The van der Waals surface area contributed by atoms with Gasteiger partial charge in [-0.15, -0.1) is 0 Å². The zero-order valence-corrected chi connectivity index (χ0v) is 15.4. The van der Waals surface area contributed by atoms with Crippen molar-refractivity contribution in [3.8, 4) is 11.5 Å². The third kappa shape index (κ3) is 6.31. The number of rotatable bonds is 9. The molecule has 0 spiro atoms. The molecule has 0 aromatic heterocycles. The lowest BCUT2D eigenvalue weighted by atomic mass is 10.1. The van der Waals surface area contributed by atoms with E-state index in [2.05, 4.69) is 11.4 Å². The van der Waals surface area contributed by atoms with E-state index in [4.69, 9.17) is 21.1 Å². The van der Waals surface area contributed by atoms with E-state index >= 15 is 0 Å². The standard InChI is InChI=1S/C20H24ClNO3/c1-3-24-19-9-5-4-7-16(19)8-6-12-22-20(23)14-25-17-10-11-18(21)15(2)13-17/h4-5,7,9-11,13H,3,6,8,12,14H2,1-2H3,(H,22,23). The fraction of sp³-hybridized carbons (Fsp3) is 0.350. The largest absolute Gasteiger partial charge is 0.494 e. The molecule has 0 aliphatic rings. The molecule has 0 radical (unpaired) electrons. The highest BCUT2D eigenvalue weighted by molar-refractivity contribution is 6.31. The van der Waals surface area contributed by atoms with E-state index in [0.29, 0.717) is 23.9 Å². The van der Waals surface area contributed by atoms with E-state index in [1.807, 2.05) is 38.1 Å². The number of halogens is 1. The lowest BCUT2D eigenvalue weighted by molar-refractivity contribution is -0.123. The predicted octanol–water partition coefficient (Wildman–Crippen LogP) is 4.17. The third-order valence-electron chi connectivity index (χ3n) is 3.72. The third-order valence-corrected chi connectivity index (χ3v) is 4.14.